The molecular weight excluding hydrogens is 328 g/mol. The number of phenols is 2. The van der Waals surface area contributed by atoms with E-state index >= 15 is 0 Å². The summed E-state index contributed by atoms with van der Waals surface area (Å²) in [6.45, 7) is 5.57. The monoisotopic (exact) mass is 342 g/mol. The molecule has 1 aromatic heterocycles. The van der Waals surface area contributed by atoms with Crippen LogP contribution in [0.2, 0.25) is 5.02 Å². The number of thiol groups is 1. The molecule has 0 bridgehead atoms. The molecule has 0 saturated carbocycles. The van der Waals surface area contributed by atoms with Crippen LogP contribution in [0.15, 0.2) is 17.1 Å². The van der Waals surface area contributed by atoms with Gasteiger partial charge in [0.25, 0.3) is 5.91 Å². The van der Waals surface area contributed by atoms with Gasteiger partial charge in [-0.15, -0.1) is 0 Å². The minimum absolute atomic E-state index is 0.0404. The van der Waals surface area contributed by atoms with Crippen molar-refractivity contribution in [3.63, 3.8) is 0 Å². The normalized spacial score (nSPS) is 11.7. The van der Waals surface area contributed by atoms with E-state index in [2.05, 4.69) is 17.5 Å². The topological polar surface area (TPSA) is 91.6 Å². The van der Waals surface area contributed by atoms with Gasteiger partial charge >= 0.3 is 0 Å². The molecule has 0 aliphatic rings. The van der Waals surface area contributed by atoms with Crippen molar-refractivity contribution in [3.8, 4) is 11.5 Å². The van der Waals surface area contributed by atoms with Gasteiger partial charge in [-0.25, -0.2) is 0 Å². The van der Waals surface area contributed by atoms with Gasteiger partial charge in [0.05, 0.1) is 15.9 Å². The van der Waals surface area contributed by atoms with Gasteiger partial charge in [-0.3, -0.25) is 14.3 Å². The van der Waals surface area contributed by atoms with Crippen LogP contribution in [0, 0.1) is 0 Å². The molecule has 0 atom stereocenters. The van der Waals surface area contributed by atoms with Crippen LogP contribution < -0.4 is 10.2 Å². The van der Waals surface area contributed by atoms with Crippen LogP contribution in [0.3, 0.4) is 0 Å². The molecule has 118 valence electrons. The maximum atomic E-state index is 12.5. The maximum Gasteiger partial charge on any atom is 0.266 e. The maximum absolute atomic E-state index is 12.5. The molecular formula is C14H15ClN2O4S. The highest BCUT2D eigenvalue weighted by atomic mass is 35.5. The molecule has 0 saturated heterocycles. The van der Waals surface area contributed by atoms with E-state index in [1.807, 2.05) is 20.8 Å². The van der Waals surface area contributed by atoms with Gasteiger partial charge in [-0.1, -0.05) is 24.4 Å². The van der Waals surface area contributed by atoms with Gasteiger partial charge in [-0.2, -0.15) is 0 Å². The number of halogens is 1. The van der Waals surface area contributed by atoms with Crippen molar-refractivity contribution >= 4 is 41.2 Å². The Morgan fingerprint density at radius 2 is 1.95 bits per heavy atom. The first-order valence-electron chi connectivity index (χ1n) is 6.34. The van der Waals surface area contributed by atoms with Crippen molar-refractivity contribution in [2.24, 2.45) is 0 Å². The fourth-order valence-electron chi connectivity index (χ4n) is 2.19. The van der Waals surface area contributed by atoms with Crippen molar-refractivity contribution in [3.05, 3.63) is 33.1 Å². The number of rotatable bonds is 1. The van der Waals surface area contributed by atoms with E-state index in [4.69, 9.17) is 11.6 Å². The number of hydrogen-bond acceptors (Lipinski definition) is 5. The molecule has 8 heteroatoms. The van der Waals surface area contributed by atoms with Gasteiger partial charge in [0, 0.05) is 17.8 Å². The Kier molecular flexibility index (Phi) is 4.06. The summed E-state index contributed by atoms with van der Waals surface area (Å²) in [5.74, 6) is -1.73. The van der Waals surface area contributed by atoms with Crippen molar-refractivity contribution in [1.29, 1.82) is 0 Å². The number of benzene rings is 1. The number of aromatic hydroxyl groups is 2. The molecule has 0 radical (unpaired) electrons. The lowest BCUT2D eigenvalue weighted by Crippen LogP contribution is -2.30. The minimum atomic E-state index is -0.683. The fraction of sp³-hybridized carbons (Fsp3) is 0.286. The van der Waals surface area contributed by atoms with Gasteiger partial charge in [-0.05, 0) is 20.8 Å². The van der Waals surface area contributed by atoms with E-state index in [-0.39, 0.29) is 16.0 Å². The third-order valence-corrected chi connectivity index (χ3v) is 3.83. The fourth-order valence-corrected chi connectivity index (χ4v) is 2.59. The lowest BCUT2D eigenvalue weighted by molar-refractivity contribution is 0.0983. The SMILES string of the molecule is CC(C)(C)n1cc(C(=O)NS)c(=O)c2c(Cl)c(O)c(O)cc21. The van der Waals surface area contributed by atoms with Gasteiger partial charge in [0.15, 0.2) is 11.5 Å². The van der Waals surface area contributed by atoms with E-state index in [0.717, 1.165) is 0 Å². The second-order valence-corrected chi connectivity index (χ2v) is 6.41. The zero-order valence-electron chi connectivity index (χ0n) is 12.1. The molecule has 0 aliphatic heterocycles. The first-order valence-corrected chi connectivity index (χ1v) is 7.16. The number of carbonyl (C=O) groups is 1. The third kappa shape index (κ3) is 2.50. The molecule has 0 aliphatic carbocycles. The summed E-state index contributed by atoms with van der Waals surface area (Å²) >= 11 is 9.67. The molecule has 1 amide bonds. The van der Waals surface area contributed by atoms with Crippen molar-refractivity contribution in [1.82, 2.24) is 9.29 Å². The number of phenolic OH excluding ortho intramolecular Hbond substituents is 2. The second kappa shape index (κ2) is 5.40. The smallest absolute Gasteiger partial charge is 0.266 e. The molecule has 1 aromatic carbocycles. The number of nitrogens with zero attached hydrogens (tertiary/aromatic N) is 1. The number of pyridine rings is 1. The predicted molar refractivity (Wildman–Crippen MR) is 88.0 cm³/mol. The summed E-state index contributed by atoms with van der Waals surface area (Å²) in [5.41, 5.74) is -1.01. The number of amides is 1. The Morgan fingerprint density at radius 1 is 1.36 bits per heavy atom. The number of hydrogen-bond donors (Lipinski definition) is 4. The van der Waals surface area contributed by atoms with E-state index in [0.29, 0.717) is 5.52 Å². The molecule has 3 N–H and O–H groups in total. The number of aromatic nitrogens is 1. The number of carbonyl (C=O) groups excluding carboxylic acids is 1. The highest BCUT2D eigenvalue weighted by molar-refractivity contribution is 7.78. The van der Waals surface area contributed by atoms with Crippen molar-refractivity contribution in [2.75, 3.05) is 0 Å². The molecule has 0 fully saturated rings. The predicted octanol–water partition coefficient (Wildman–Crippen LogP) is 2.40. The van der Waals surface area contributed by atoms with Crippen LogP contribution >= 0.6 is 24.4 Å². The van der Waals surface area contributed by atoms with Gasteiger partial charge in [0.1, 0.15) is 5.56 Å². The van der Waals surface area contributed by atoms with E-state index < -0.39 is 28.4 Å². The average Bonchev–Trinajstić information content (AvgIpc) is 2.42. The molecule has 22 heavy (non-hydrogen) atoms. The zero-order valence-corrected chi connectivity index (χ0v) is 13.8. The third-order valence-electron chi connectivity index (χ3n) is 3.26. The zero-order chi connectivity index (χ0) is 16.8. The first-order chi connectivity index (χ1) is 10.1. The van der Waals surface area contributed by atoms with Crippen LogP contribution in [0.1, 0.15) is 31.1 Å². The highest BCUT2D eigenvalue weighted by Gasteiger charge is 2.24. The summed E-state index contributed by atoms with van der Waals surface area (Å²) in [7, 11) is 0. The van der Waals surface area contributed by atoms with Crippen molar-refractivity contribution in [2.45, 2.75) is 26.3 Å². The van der Waals surface area contributed by atoms with E-state index in [1.54, 1.807) is 4.57 Å². The first kappa shape index (κ1) is 16.5. The Hall–Kier alpha value is -1.86. The summed E-state index contributed by atoms with van der Waals surface area (Å²) in [6.07, 6.45) is 1.38. The van der Waals surface area contributed by atoms with Gasteiger partial charge in [0.2, 0.25) is 5.43 Å². The second-order valence-electron chi connectivity index (χ2n) is 5.81. The molecule has 2 rings (SSSR count). The average molecular weight is 343 g/mol. The molecule has 2 aromatic rings. The summed E-state index contributed by atoms with van der Waals surface area (Å²) in [6, 6.07) is 1.24. The lowest BCUT2D eigenvalue weighted by atomic mass is 10.0. The number of fused-ring (bicyclic) bond motifs is 1. The summed E-state index contributed by atoms with van der Waals surface area (Å²) in [5, 5.41) is 19.2. The van der Waals surface area contributed by atoms with Crippen LogP contribution in [-0.4, -0.2) is 20.7 Å². The number of nitrogens with one attached hydrogen (secondary N) is 1. The van der Waals surface area contributed by atoms with Crippen LogP contribution in [0.4, 0.5) is 0 Å². The molecule has 0 spiro atoms. The lowest BCUT2D eigenvalue weighted by Gasteiger charge is -2.26. The van der Waals surface area contributed by atoms with Crippen molar-refractivity contribution < 1.29 is 15.0 Å². The van der Waals surface area contributed by atoms with Gasteiger partial charge < -0.3 is 14.8 Å². The Balaban J connectivity index is 3.10. The van der Waals surface area contributed by atoms with Crippen LogP contribution in [-0.2, 0) is 5.54 Å². The Bertz CT molecular complexity index is 840. The Morgan fingerprint density at radius 3 is 2.45 bits per heavy atom. The minimum Gasteiger partial charge on any atom is -0.504 e. The summed E-state index contributed by atoms with van der Waals surface area (Å²) < 4.78 is 3.73. The van der Waals surface area contributed by atoms with Crippen LogP contribution in [0.5, 0.6) is 11.5 Å². The highest BCUT2D eigenvalue weighted by Crippen LogP contribution is 2.39. The summed E-state index contributed by atoms with van der Waals surface area (Å²) in [4.78, 5) is 24.4. The standard InChI is InChI=1S/C14H15ClN2O4S/c1-14(2,3)17-5-6(13(21)16-22)11(19)9-7(17)4-8(18)12(20)10(9)15/h4-5,18,20,22H,1-3H3,(H,16,21). The quantitative estimate of drug-likeness (QED) is 0.473. The van der Waals surface area contributed by atoms with E-state index in [9.17, 15) is 19.8 Å². The molecule has 1 heterocycles. The molecule has 6 nitrogen and oxygen atoms in total. The largest absolute Gasteiger partial charge is 0.504 e. The Labute approximate surface area is 136 Å². The van der Waals surface area contributed by atoms with Crippen LogP contribution in [0.25, 0.3) is 10.9 Å². The van der Waals surface area contributed by atoms with E-state index in [1.165, 1.54) is 12.3 Å². The molecule has 0 unspecified atom stereocenters.